The largest absolute Gasteiger partial charge is 0.341 e. The van der Waals surface area contributed by atoms with Crippen molar-refractivity contribution < 1.29 is 4.79 Å². The number of hydrogen-bond donors (Lipinski definition) is 0. The number of likely N-dealkylation sites (tertiary alicyclic amines) is 1. The molecule has 1 aliphatic heterocycles. The number of rotatable bonds is 6. The van der Waals surface area contributed by atoms with E-state index in [4.69, 9.17) is 0 Å². The number of hydrogen-bond acceptors (Lipinski definition) is 4. The topological polar surface area (TPSA) is 54.3 Å². The summed E-state index contributed by atoms with van der Waals surface area (Å²) in [6.07, 6.45) is 11.5. The number of likely N-dealkylation sites (N-methyl/N-ethyl adjacent to an activating group) is 1. The van der Waals surface area contributed by atoms with Gasteiger partial charge in [0.2, 0.25) is 5.91 Å². The fourth-order valence-electron chi connectivity index (χ4n) is 3.32. The summed E-state index contributed by atoms with van der Waals surface area (Å²) in [5.74, 6) is 0.734. The summed E-state index contributed by atoms with van der Waals surface area (Å²) in [5, 5.41) is 0. The van der Waals surface area contributed by atoms with Crippen molar-refractivity contribution in [1.29, 1.82) is 0 Å². The summed E-state index contributed by atoms with van der Waals surface area (Å²) in [5.41, 5.74) is 1.13. The molecular weight excluding hydrogens is 302 g/mol. The van der Waals surface area contributed by atoms with Crippen molar-refractivity contribution in [3.8, 4) is 0 Å². The van der Waals surface area contributed by atoms with E-state index in [0.29, 0.717) is 12.5 Å². The van der Waals surface area contributed by atoms with Crippen LogP contribution in [0.3, 0.4) is 0 Å². The zero-order chi connectivity index (χ0) is 16.8. The first-order chi connectivity index (χ1) is 11.7. The van der Waals surface area contributed by atoms with Gasteiger partial charge in [-0.3, -0.25) is 14.7 Å². The molecule has 0 aliphatic carbocycles. The van der Waals surface area contributed by atoms with Gasteiger partial charge in [-0.25, -0.2) is 4.98 Å². The minimum atomic E-state index is 0.219. The van der Waals surface area contributed by atoms with E-state index in [1.807, 2.05) is 42.8 Å². The molecule has 3 rings (SSSR count). The summed E-state index contributed by atoms with van der Waals surface area (Å²) < 4.78 is 2.10. The van der Waals surface area contributed by atoms with Crippen LogP contribution in [0, 0.1) is 5.92 Å². The highest BCUT2D eigenvalue weighted by molar-refractivity contribution is 5.78. The molecule has 0 aromatic carbocycles. The highest BCUT2D eigenvalue weighted by Gasteiger charge is 2.24. The van der Waals surface area contributed by atoms with Crippen LogP contribution in [0.1, 0.15) is 18.4 Å². The Morgan fingerprint density at radius 1 is 1.38 bits per heavy atom. The second-order valence-electron chi connectivity index (χ2n) is 6.64. The van der Waals surface area contributed by atoms with Crippen molar-refractivity contribution in [2.45, 2.75) is 25.9 Å². The highest BCUT2D eigenvalue weighted by atomic mass is 16.2. The number of pyridine rings is 1. The zero-order valence-electron chi connectivity index (χ0n) is 14.2. The van der Waals surface area contributed by atoms with Gasteiger partial charge in [0.25, 0.3) is 0 Å². The number of amides is 1. The second-order valence-corrected chi connectivity index (χ2v) is 6.64. The Kier molecular flexibility index (Phi) is 5.59. The van der Waals surface area contributed by atoms with Gasteiger partial charge in [0.15, 0.2) is 0 Å². The minimum absolute atomic E-state index is 0.219. The average Bonchev–Trinajstić information content (AvgIpc) is 3.09. The van der Waals surface area contributed by atoms with E-state index < -0.39 is 0 Å². The third-order valence-corrected chi connectivity index (χ3v) is 4.48. The summed E-state index contributed by atoms with van der Waals surface area (Å²) in [4.78, 5) is 24.9. The fraction of sp³-hybridized carbons (Fsp3) is 0.500. The van der Waals surface area contributed by atoms with Crippen molar-refractivity contribution in [3.05, 3.63) is 48.8 Å². The molecule has 0 unspecified atom stereocenters. The third-order valence-electron chi connectivity index (χ3n) is 4.48. The molecule has 1 amide bonds. The van der Waals surface area contributed by atoms with E-state index in [-0.39, 0.29) is 5.91 Å². The number of carbonyl (C=O) groups is 1. The first kappa shape index (κ1) is 16.6. The maximum absolute atomic E-state index is 12.6. The van der Waals surface area contributed by atoms with Crippen LogP contribution in [-0.4, -0.2) is 56.9 Å². The maximum atomic E-state index is 12.6. The lowest BCUT2D eigenvalue weighted by Gasteiger charge is -2.34. The molecule has 2 aromatic rings. The van der Waals surface area contributed by atoms with Gasteiger partial charge in [-0.15, -0.1) is 0 Å². The lowest BCUT2D eigenvalue weighted by molar-refractivity contribution is -0.134. The molecule has 0 N–H and O–H groups in total. The number of carbonyl (C=O) groups excluding carboxylic acids is 1. The van der Waals surface area contributed by atoms with Gasteiger partial charge in [-0.1, -0.05) is 6.07 Å². The summed E-state index contributed by atoms with van der Waals surface area (Å²) in [6.45, 7) is 3.85. The zero-order valence-corrected chi connectivity index (χ0v) is 14.2. The van der Waals surface area contributed by atoms with Crippen molar-refractivity contribution >= 4 is 5.91 Å². The van der Waals surface area contributed by atoms with Crippen molar-refractivity contribution in [2.75, 3.05) is 26.7 Å². The number of nitrogens with zero attached hydrogens (tertiary/aromatic N) is 5. The molecule has 24 heavy (non-hydrogen) atoms. The monoisotopic (exact) mass is 327 g/mol. The summed E-state index contributed by atoms with van der Waals surface area (Å²) >= 11 is 0. The maximum Gasteiger partial charge on any atom is 0.236 e. The molecule has 1 fully saturated rings. The molecule has 0 bridgehead atoms. The Morgan fingerprint density at radius 2 is 2.29 bits per heavy atom. The number of imidazole rings is 1. The van der Waals surface area contributed by atoms with Crippen LogP contribution in [0.5, 0.6) is 0 Å². The molecule has 6 nitrogen and oxygen atoms in total. The van der Waals surface area contributed by atoms with Gasteiger partial charge in [0.05, 0.1) is 12.9 Å². The molecule has 6 heteroatoms. The molecular formula is C18H25N5O. The molecule has 0 spiro atoms. The highest BCUT2D eigenvalue weighted by Crippen LogP contribution is 2.18. The lowest BCUT2D eigenvalue weighted by Crippen LogP contribution is -2.45. The van der Waals surface area contributed by atoms with Crippen LogP contribution in [-0.2, 0) is 17.9 Å². The molecule has 1 saturated heterocycles. The van der Waals surface area contributed by atoms with Crippen molar-refractivity contribution in [3.63, 3.8) is 0 Å². The van der Waals surface area contributed by atoms with Gasteiger partial charge in [-0.2, -0.15) is 0 Å². The smallest absolute Gasteiger partial charge is 0.236 e. The second kappa shape index (κ2) is 8.06. The number of piperidine rings is 1. The predicted octanol–water partition coefficient (Wildman–Crippen LogP) is 1.65. The van der Waals surface area contributed by atoms with Crippen LogP contribution >= 0.6 is 0 Å². The Balaban J connectivity index is 1.48. The summed E-state index contributed by atoms with van der Waals surface area (Å²) in [6, 6.07) is 3.96. The first-order valence-electron chi connectivity index (χ1n) is 8.51. The molecule has 1 atom stereocenters. The third kappa shape index (κ3) is 4.64. The van der Waals surface area contributed by atoms with Crippen LogP contribution in [0.25, 0.3) is 0 Å². The normalized spacial score (nSPS) is 18.1. The van der Waals surface area contributed by atoms with Crippen LogP contribution in [0.4, 0.5) is 0 Å². The van der Waals surface area contributed by atoms with Gasteiger partial charge in [-0.05, 0) is 37.4 Å². The quantitative estimate of drug-likeness (QED) is 0.809. The predicted molar refractivity (Wildman–Crippen MR) is 92.1 cm³/mol. The van der Waals surface area contributed by atoms with Crippen LogP contribution < -0.4 is 0 Å². The average molecular weight is 327 g/mol. The standard InChI is InChI=1S/C18H25N5O/c1-21(11-16-4-2-6-19-10-16)14-18(24)23-8-3-5-17(13-23)12-22-9-7-20-15-22/h2,4,6-7,9-10,15,17H,3,5,8,11-14H2,1H3/t17-/m0/s1. The van der Waals surface area contributed by atoms with Crippen molar-refractivity contribution in [1.82, 2.24) is 24.3 Å². The summed E-state index contributed by atoms with van der Waals surface area (Å²) in [7, 11) is 1.98. The molecule has 3 heterocycles. The Labute approximate surface area is 143 Å². The van der Waals surface area contributed by atoms with Crippen LogP contribution in [0.2, 0.25) is 0 Å². The minimum Gasteiger partial charge on any atom is -0.341 e. The number of aromatic nitrogens is 3. The first-order valence-corrected chi connectivity index (χ1v) is 8.51. The SMILES string of the molecule is CN(CC(=O)N1CCC[C@@H](Cn2ccnc2)C1)Cc1cccnc1. The van der Waals surface area contributed by atoms with Gasteiger partial charge in [0.1, 0.15) is 0 Å². The van der Waals surface area contributed by atoms with Crippen LogP contribution in [0.15, 0.2) is 43.2 Å². The van der Waals surface area contributed by atoms with Gasteiger partial charge in [0, 0.05) is 51.0 Å². The molecule has 0 saturated carbocycles. The van der Waals surface area contributed by atoms with E-state index in [1.165, 1.54) is 6.42 Å². The molecule has 1 aliphatic rings. The van der Waals surface area contributed by atoms with E-state index in [9.17, 15) is 4.79 Å². The van der Waals surface area contributed by atoms with Crippen molar-refractivity contribution in [2.24, 2.45) is 5.92 Å². The molecule has 2 aromatic heterocycles. The van der Waals surface area contributed by atoms with Gasteiger partial charge < -0.3 is 9.47 Å². The van der Waals surface area contributed by atoms with E-state index in [1.54, 1.807) is 12.4 Å². The van der Waals surface area contributed by atoms with Gasteiger partial charge >= 0.3 is 0 Å². The Morgan fingerprint density at radius 3 is 3.04 bits per heavy atom. The van der Waals surface area contributed by atoms with E-state index >= 15 is 0 Å². The Hall–Kier alpha value is -2.21. The van der Waals surface area contributed by atoms with E-state index in [0.717, 1.165) is 38.2 Å². The lowest BCUT2D eigenvalue weighted by atomic mass is 9.98. The molecule has 128 valence electrons. The van der Waals surface area contributed by atoms with E-state index in [2.05, 4.69) is 19.4 Å². The Bertz CT molecular complexity index is 628. The molecule has 0 radical (unpaired) electrons. The fourth-order valence-corrected chi connectivity index (χ4v) is 3.32.